The Balaban J connectivity index is 2.19. The molecule has 0 bridgehead atoms. The van der Waals surface area contributed by atoms with Gasteiger partial charge in [-0.1, -0.05) is 6.08 Å². The van der Waals surface area contributed by atoms with E-state index in [1.165, 1.54) is 12.8 Å². The van der Waals surface area contributed by atoms with E-state index in [0.29, 0.717) is 6.10 Å². The van der Waals surface area contributed by atoms with Gasteiger partial charge in [-0.05, 0) is 12.8 Å². The van der Waals surface area contributed by atoms with Crippen LogP contribution in [-0.2, 0) is 4.74 Å². The quantitative estimate of drug-likeness (QED) is 0.352. The van der Waals surface area contributed by atoms with Crippen molar-refractivity contribution in [3.05, 3.63) is 12.7 Å². The van der Waals surface area contributed by atoms with Crippen molar-refractivity contribution in [1.82, 2.24) is 0 Å². The molecule has 1 heteroatoms. The molecule has 1 aliphatic heterocycles. The molecule has 1 nitrogen and oxygen atoms in total. The lowest BCUT2D eigenvalue weighted by atomic mass is 9.86. The second-order valence-electron chi connectivity index (χ2n) is 2.30. The highest BCUT2D eigenvalue weighted by Gasteiger charge is 2.61. The molecular formula is C6H8O. The zero-order valence-corrected chi connectivity index (χ0v) is 4.18. The van der Waals surface area contributed by atoms with Gasteiger partial charge in [-0.15, -0.1) is 6.58 Å². The van der Waals surface area contributed by atoms with E-state index >= 15 is 0 Å². The first-order chi connectivity index (χ1) is 3.37. The summed E-state index contributed by atoms with van der Waals surface area (Å²) < 4.78 is 5.25. The zero-order valence-electron chi connectivity index (χ0n) is 4.18. The van der Waals surface area contributed by atoms with Gasteiger partial charge < -0.3 is 4.74 Å². The van der Waals surface area contributed by atoms with Crippen LogP contribution >= 0.6 is 0 Å². The van der Waals surface area contributed by atoms with Gasteiger partial charge >= 0.3 is 0 Å². The SMILES string of the molecule is C=CC12CCC1O2. The second-order valence-corrected chi connectivity index (χ2v) is 2.30. The summed E-state index contributed by atoms with van der Waals surface area (Å²) in [5.41, 5.74) is 0.194. The Morgan fingerprint density at radius 2 is 2.71 bits per heavy atom. The van der Waals surface area contributed by atoms with E-state index in [0.717, 1.165) is 0 Å². The molecule has 7 heavy (non-hydrogen) atoms. The monoisotopic (exact) mass is 96.1 g/mol. The average molecular weight is 96.1 g/mol. The summed E-state index contributed by atoms with van der Waals surface area (Å²) in [6, 6.07) is 0. The molecule has 2 aliphatic rings. The van der Waals surface area contributed by atoms with Crippen molar-refractivity contribution >= 4 is 0 Å². The van der Waals surface area contributed by atoms with E-state index < -0.39 is 0 Å². The molecule has 1 aliphatic carbocycles. The van der Waals surface area contributed by atoms with Crippen molar-refractivity contribution in [2.45, 2.75) is 24.5 Å². The van der Waals surface area contributed by atoms with E-state index in [9.17, 15) is 0 Å². The molecule has 1 saturated carbocycles. The van der Waals surface area contributed by atoms with Crippen LogP contribution in [0.4, 0.5) is 0 Å². The fourth-order valence-electron chi connectivity index (χ4n) is 1.18. The first kappa shape index (κ1) is 3.67. The molecule has 0 aromatic carbocycles. The van der Waals surface area contributed by atoms with Gasteiger partial charge in [-0.2, -0.15) is 0 Å². The minimum atomic E-state index is 0.194. The summed E-state index contributed by atoms with van der Waals surface area (Å²) in [5, 5.41) is 0. The predicted octanol–water partition coefficient (Wildman–Crippen LogP) is 1.10. The third-order valence-electron chi connectivity index (χ3n) is 1.99. The topological polar surface area (TPSA) is 12.5 Å². The van der Waals surface area contributed by atoms with Crippen LogP contribution < -0.4 is 0 Å². The molecule has 38 valence electrons. The van der Waals surface area contributed by atoms with Gasteiger partial charge in [0.15, 0.2) is 0 Å². The normalized spacial score (nSPS) is 54.6. The van der Waals surface area contributed by atoms with Crippen LogP contribution in [0.15, 0.2) is 12.7 Å². The van der Waals surface area contributed by atoms with Gasteiger partial charge in [-0.25, -0.2) is 0 Å². The third-order valence-corrected chi connectivity index (χ3v) is 1.99. The number of epoxide rings is 1. The molecule has 2 unspecified atom stereocenters. The Morgan fingerprint density at radius 3 is 2.71 bits per heavy atom. The van der Waals surface area contributed by atoms with Gasteiger partial charge in [0.2, 0.25) is 0 Å². The number of hydrogen-bond acceptors (Lipinski definition) is 1. The van der Waals surface area contributed by atoms with Crippen LogP contribution in [0.3, 0.4) is 0 Å². The first-order valence-electron chi connectivity index (χ1n) is 2.69. The fourth-order valence-corrected chi connectivity index (χ4v) is 1.18. The lowest BCUT2D eigenvalue weighted by Crippen LogP contribution is -2.21. The van der Waals surface area contributed by atoms with E-state index in [4.69, 9.17) is 4.74 Å². The summed E-state index contributed by atoms with van der Waals surface area (Å²) in [6.07, 6.45) is 4.97. The molecule has 2 fully saturated rings. The van der Waals surface area contributed by atoms with E-state index in [1.54, 1.807) is 0 Å². The molecule has 0 spiro atoms. The van der Waals surface area contributed by atoms with Gasteiger partial charge in [0, 0.05) is 0 Å². The summed E-state index contributed by atoms with van der Waals surface area (Å²) in [4.78, 5) is 0. The van der Waals surface area contributed by atoms with E-state index in [-0.39, 0.29) is 5.60 Å². The van der Waals surface area contributed by atoms with Crippen LogP contribution in [-0.4, -0.2) is 11.7 Å². The molecule has 1 saturated heterocycles. The van der Waals surface area contributed by atoms with Crippen molar-refractivity contribution in [3.8, 4) is 0 Å². The fraction of sp³-hybridized carbons (Fsp3) is 0.667. The van der Waals surface area contributed by atoms with Gasteiger partial charge in [-0.3, -0.25) is 0 Å². The number of rotatable bonds is 1. The zero-order chi connectivity index (χ0) is 4.91. The average Bonchev–Trinajstić information content (AvgIpc) is 2.12. The highest BCUT2D eigenvalue weighted by molar-refractivity contribution is 5.21. The molecule has 0 radical (unpaired) electrons. The Labute approximate surface area is 43.0 Å². The molecule has 1 heterocycles. The van der Waals surface area contributed by atoms with E-state index in [2.05, 4.69) is 6.58 Å². The summed E-state index contributed by atoms with van der Waals surface area (Å²) >= 11 is 0. The van der Waals surface area contributed by atoms with Crippen LogP contribution in [0.1, 0.15) is 12.8 Å². The molecule has 0 amide bonds. The maximum absolute atomic E-state index is 5.25. The van der Waals surface area contributed by atoms with E-state index in [1.807, 2.05) is 6.08 Å². The van der Waals surface area contributed by atoms with Crippen molar-refractivity contribution in [2.75, 3.05) is 0 Å². The Hall–Kier alpha value is -0.300. The number of fused-ring (bicyclic) bond motifs is 1. The minimum Gasteiger partial charge on any atom is -0.362 e. The lowest BCUT2D eigenvalue weighted by Gasteiger charge is -2.12. The summed E-state index contributed by atoms with van der Waals surface area (Å²) in [5.74, 6) is 0. The standard InChI is InChI=1S/C6H8O/c1-2-6-4-3-5(6)7-6/h2,5H,1,3-4H2. The smallest absolute Gasteiger partial charge is 0.113 e. The lowest BCUT2D eigenvalue weighted by molar-refractivity contribution is 0.368. The van der Waals surface area contributed by atoms with Gasteiger partial charge in [0.25, 0.3) is 0 Å². The highest BCUT2D eigenvalue weighted by Crippen LogP contribution is 2.53. The van der Waals surface area contributed by atoms with Crippen molar-refractivity contribution in [2.24, 2.45) is 0 Å². The Bertz CT molecular complexity index is 115. The number of hydrogen-bond donors (Lipinski definition) is 0. The Morgan fingerprint density at radius 1 is 1.86 bits per heavy atom. The highest BCUT2D eigenvalue weighted by atomic mass is 16.6. The van der Waals surface area contributed by atoms with Crippen LogP contribution in [0.2, 0.25) is 0 Å². The summed E-state index contributed by atoms with van der Waals surface area (Å²) in [6.45, 7) is 3.67. The summed E-state index contributed by atoms with van der Waals surface area (Å²) in [7, 11) is 0. The first-order valence-corrected chi connectivity index (χ1v) is 2.69. The van der Waals surface area contributed by atoms with Crippen molar-refractivity contribution < 1.29 is 4.74 Å². The maximum atomic E-state index is 5.25. The molecule has 0 aromatic heterocycles. The Kier molecular flexibility index (Phi) is 0.409. The molecule has 0 N–H and O–H groups in total. The van der Waals surface area contributed by atoms with Crippen LogP contribution in [0.25, 0.3) is 0 Å². The maximum Gasteiger partial charge on any atom is 0.113 e. The number of ether oxygens (including phenoxy) is 1. The van der Waals surface area contributed by atoms with Gasteiger partial charge in [0.05, 0.1) is 6.10 Å². The third kappa shape index (κ3) is 0.249. The second kappa shape index (κ2) is 0.781. The minimum absolute atomic E-state index is 0.194. The van der Waals surface area contributed by atoms with Crippen LogP contribution in [0, 0.1) is 0 Å². The largest absolute Gasteiger partial charge is 0.362 e. The van der Waals surface area contributed by atoms with Crippen molar-refractivity contribution in [3.63, 3.8) is 0 Å². The van der Waals surface area contributed by atoms with Crippen LogP contribution in [0.5, 0.6) is 0 Å². The molecule has 0 aromatic rings. The van der Waals surface area contributed by atoms with Crippen molar-refractivity contribution in [1.29, 1.82) is 0 Å². The van der Waals surface area contributed by atoms with Gasteiger partial charge in [0.1, 0.15) is 5.60 Å². The molecular weight excluding hydrogens is 88.1 g/mol. The molecule has 2 atom stereocenters. The predicted molar refractivity (Wildman–Crippen MR) is 27.0 cm³/mol. The molecule has 2 rings (SSSR count).